The molecule has 0 aliphatic carbocycles. The summed E-state index contributed by atoms with van der Waals surface area (Å²) >= 11 is 0. The van der Waals surface area contributed by atoms with Gasteiger partial charge >= 0.3 is 18.2 Å². The van der Waals surface area contributed by atoms with Crippen molar-refractivity contribution in [3.63, 3.8) is 0 Å². The molecule has 2 bridgehead atoms. The Hall–Kier alpha value is -3.97. The average molecular weight is 571 g/mol. The minimum Gasteiger partial charge on any atom is -0.463 e. The van der Waals surface area contributed by atoms with Crippen LogP contribution >= 0.6 is 0 Å². The molecular weight excluding hydrogens is 541 g/mol. The summed E-state index contributed by atoms with van der Waals surface area (Å²) in [6.45, 7) is 5.87. The summed E-state index contributed by atoms with van der Waals surface area (Å²) in [5.41, 5.74) is 0.639. The maximum atomic E-state index is 13.6. The molecule has 2 aromatic heterocycles. The Bertz CT molecular complexity index is 1450. The van der Waals surface area contributed by atoms with Crippen LogP contribution < -0.4 is 19.9 Å². The van der Waals surface area contributed by atoms with Crippen molar-refractivity contribution in [2.75, 3.05) is 41.4 Å². The number of carbonyl (C=O) groups excluding carboxylic acids is 1. The third-order valence-corrected chi connectivity index (χ3v) is 7.26. The summed E-state index contributed by atoms with van der Waals surface area (Å²) in [6.07, 6.45) is -1.76. The second kappa shape index (κ2) is 10.5. The lowest BCUT2D eigenvalue weighted by Crippen LogP contribution is -2.48. The minimum absolute atomic E-state index is 0.0913. The summed E-state index contributed by atoms with van der Waals surface area (Å²) in [5.74, 6) is 0.0216. The molecule has 216 valence electrons. The Balaban J connectivity index is 1.19. The highest BCUT2D eigenvalue weighted by atomic mass is 19.4. The molecule has 5 heterocycles. The number of carbonyl (C=O) groups is 1. The lowest BCUT2D eigenvalue weighted by molar-refractivity contribution is -0.139. The van der Waals surface area contributed by atoms with E-state index in [1.165, 1.54) is 12.3 Å². The summed E-state index contributed by atoms with van der Waals surface area (Å²) in [5, 5.41) is 2.81. The van der Waals surface area contributed by atoms with E-state index < -0.39 is 23.6 Å². The number of aromatic nitrogens is 3. The van der Waals surface area contributed by atoms with E-state index in [-0.39, 0.29) is 24.0 Å². The van der Waals surface area contributed by atoms with Gasteiger partial charge in [-0.15, -0.1) is 0 Å². The van der Waals surface area contributed by atoms with Gasteiger partial charge in [0.25, 0.3) is 0 Å². The molecule has 6 rings (SSSR count). The van der Waals surface area contributed by atoms with Gasteiger partial charge in [-0.2, -0.15) is 18.2 Å². The van der Waals surface area contributed by atoms with Gasteiger partial charge in [-0.3, -0.25) is 10.2 Å². The fourth-order valence-electron chi connectivity index (χ4n) is 5.32. The van der Waals surface area contributed by atoms with Crippen LogP contribution in [0.3, 0.4) is 0 Å². The number of nitrogens with zero attached hydrogens (tertiary/aromatic N) is 5. The molecule has 0 saturated carbocycles. The molecule has 1 aromatic carbocycles. The first-order valence-electron chi connectivity index (χ1n) is 13.4. The monoisotopic (exact) mass is 570 g/mol. The molecule has 3 aromatic rings. The van der Waals surface area contributed by atoms with Crippen molar-refractivity contribution >= 4 is 23.4 Å². The molecule has 2 saturated heterocycles. The number of fused-ring (bicyclic) bond motifs is 4. The molecule has 3 aliphatic rings. The summed E-state index contributed by atoms with van der Waals surface area (Å²) in [7, 11) is 0. The second-order valence-corrected chi connectivity index (χ2v) is 10.6. The molecule has 13 heteroatoms. The number of halogens is 3. The maximum Gasteiger partial charge on any atom is 0.416 e. The number of rotatable bonds is 6. The molecule has 2 fully saturated rings. The van der Waals surface area contributed by atoms with Crippen molar-refractivity contribution < 1.29 is 32.2 Å². The van der Waals surface area contributed by atoms with Crippen molar-refractivity contribution in [1.29, 1.82) is 0 Å². The van der Waals surface area contributed by atoms with E-state index in [0.717, 1.165) is 30.8 Å². The Labute approximate surface area is 234 Å². The first-order valence-corrected chi connectivity index (χ1v) is 13.4. The van der Waals surface area contributed by atoms with E-state index in [2.05, 4.69) is 25.2 Å². The quantitative estimate of drug-likeness (QED) is 0.437. The Morgan fingerprint density at radius 1 is 1.20 bits per heavy atom. The standard InChI is InChI=1S/C28H29F3N6O4/c1-27(2)40-16-20(41-27)10-13-39-25-32-11-8-23(34-25)35-26(38)37-19-9-12-36(15-19)22-7-6-21(33-24(22)37)17-4-3-5-18(14-17)28(29,30)31/h3-8,11,14,19-20H,9-10,12-13,15-16H2,1-2H3,(H,32,34,35,38)/t19?,20-/m1/s1. The molecule has 41 heavy (non-hydrogen) atoms. The van der Waals surface area contributed by atoms with Crippen LogP contribution in [0.4, 0.5) is 35.3 Å². The highest BCUT2D eigenvalue weighted by molar-refractivity contribution is 6.04. The number of alkyl halides is 3. The summed E-state index contributed by atoms with van der Waals surface area (Å²) in [4.78, 5) is 30.4. The van der Waals surface area contributed by atoms with Gasteiger partial charge in [-0.25, -0.2) is 14.8 Å². The predicted octanol–water partition coefficient (Wildman–Crippen LogP) is 5.11. The number of amides is 2. The van der Waals surface area contributed by atoms with E-state index in [9.17, 15) is 18.0 Å². The van der Waals surface area contributed by atoms with Gasteiger partial charge < -0.3 is 19.1 Å². The number of ether oxygens (including phenoxy) is 3. The van der Waals surface area contributed by atoms with E-state index in [1.807, 2.05) is 13.8 Å². The predicted molar refractivity (Wildman–Crippen MR) is 144 cm³/mol. The first kappa shape index (κ1) is 27.2. The molecule has 0 spiro atoms. The average Bonchev–Trinajstić information content (AvgIpc) is 3.51. The number of benzene rings is 1. The van der Waals surface area contributed by atoms with Crippen LogP contribution in [0.1, 0.15) is 32.3 Å². The Kier molecular flexibility index (Phi) is 6.94. The number of nitrogens with one attached hydrogen (secondary N) is 1. The zero-order valence-electron chi connectivity index (χ0n) is 22.5. The van der Waals surface area contributed by atoms with Crippen molar-refractivity contribution in [3.05, 3.63) is 54.2 Å². The fraction of sp³-hybridized carbons (Fsp3) is 0.429. The third kappa shape index (κ3) is 5.77. The van der Waals surface area contributed by atoms with Gasteiger partial charge in [0.1, 0.15) is 5.82 Å². The lowest BCUT2D eigenvalue weighted by Gasteiger charge is -2.35. The first-order chi connectivity index (χ1) is 19.6. The topological polar surface area (TPSA) is 102 Å². The molecule has 2 amide bonds. The van der Waals surface area contributed by atoms with Crippen molar-refractivity contribution in [2.24, 2.45) is 0 Å². The highest BCUT2D eigenvalue weighted by Gasteiger charge is 2.40. The molecule has 10 nitrogen and oxygen atoms in total. The van der Waals surface area contributed by atoms with Crippen LogP contribution in [0, 0.1) is 0 Å². The Morgan fingerprint density at radius 3 is 2.83 bits per heavy atom. The second-order valence-electron chi connectivity index (χ2n) is 10.6. The summed E-state index contributed by atoms with van der Waals surface area (Å²) < 4.78 is 57.0. The fourth-order valence-corrected chi connectivity index (χ4v) is 5.32. The number of hydrogen-bond acceptors (Lipinski definition) is 8. The van der Waals surface area contributed by atoms with Gasteiger partial charge in [0.05, 0.1) is 42.3 Å². The van der Waals surface area contributed by atoms with Gasteiger partial charge in [0, 0.05) is 31.3 Å². The van der Waals surface area contributed by atoms with E-state index in [1.54, 1.807) is 29.2 Å². The van der Waals surface area contributed by atoms with Crippen LogP contribution in [0.15, 0.2) is 48.7 Å². The molecular formula is C28H29F3N6O4. The van der Waals surface area contributed by atoms with Gasteiger partial charge in [-0.05, 0) is 50.6 Å². The van der Waals surface area contributed by atoms with Gasteiger partial charge in [-0.1, -0.05) is 12.1 Å². The Morgan fingerprint density at radius 2 is 2.05 bits per heavy atom. The van der Waals surface area contributed by atoms with Crippen LogP contribution in [0.25, 0.3) is 11.3 Å². The van der Waals surface area contributed by atoms with Crippen molar-refractivity contribution in [1.82, 2.24) is 15.0 Å². The number of hydrogen-bond donors (Lipinski definition) is 1. The molecule has 2 atom stereocenters. The van der Waals surface area contributed by atoms with E-state index in [4.69, 9.17) is 14.2 Å². The van der Waals surface area contributed by atoms with Crippen LogP contribution in [-0.2, 0) is 15.7 Å². The van der Waals surface area contributed by atoms with Crippen LogP contribution in [-0.4, -0.2) is 65.2 Å². The smallest absolute Gasteiger partial charge is 0.416 e. The van der Waals surface area contributed by atoms with Gasteiger partial charge in [0.15, 0.2) is 11.6 Å². The lowest BCUT2D eigenvalue weighted by atomic mass is 10.1. The van der Waals surface area contributed by atoms with E-state index >= 15 is 0 Å². The zero-order chi connectivity index (χ0) is 28.8. The SMILES string of the molecule is CC1(C)OC[C@@H](CCOc2nccc(NC(=O)N3c4nc(-c5cccc(C(F)(F)F)c5)ccc4N4CCC3C4)n2)O1. The number of pyridine rings is 1. The highest BCUT2D eigenvalue weighted by Crippen LogP contribution is 2.41. The minimum atomic E-state index is -4.48. The van der Waals surface area contributed by atoms with Crippen molar-refractivity contribution in [2.45, 2.75) is 50.8 Å². The largest absolute Gasteiger partial charge is 0.463 e. The maximum absolute atomic E-state index is 13.6. The molecule has 1 N–H and O–H groups in total. The van der Waals surface area contributed by atoms with Crippen LogP contribution in [0.5, 0.6) is 6.01 Å². The summed E-state index contributed by atoms with van der Waals surface area (Å²) in [6, 6.07) is 9.55. The zero-order valence-corrected chi connectivity index (χ0v) is 22.5. The normalized spacial score (nSPS) is 21.1. The van der Waals surface area contributed by atoms with Gasteiger partial charge in [0.2, 0.25) is 0 Å². The molecule has 0 radical (unpaired) electrons. The van der Waals surface area contributed by atoms with E-state index in [0.29, 0.717) is 43.3 Å². The number of urea groups is 1. The number of anilines is 3. The van der Waals surface area contributed by atoms with Crippen molar-refractivity contribution in [3.8, 4) is 17.3 Å². The van der Waals surface area contributed by atoms with Crippen LogP contribution in [0.2, 0.25) is 0 Å². The molecule has 3 aliphatic heterocycles. The molecule has 1 unspecified atom stereocenters. The third-order valence-electron chi connectivity index (χ3n) is 7.26.